The molecular formula is C40H48N4O5. The molecule has 6 rings (SSSR count). The van der Waals surface area contributed by atoms with E-state index in [1.165, 1.54) is 61.5 Å². The summed E-state index contributed by atoms with van der Waals surface area (Å²) >= 11 is 0. The molecule has 0 aromatic heterocycles. The number of hydrogen-bond acceptors (Lipinski definition) is 5. The number of anilines is 2. The number of amides is 4. The van der Waals surface area contributed by atoms with Gasteiger partial charge in [-0.3, -0.25) is 14.4 Å². The summed E-state index contributed by atoms with van der Waals surface area (Å²) in [7, 11) is 1.26. The van der Waals surface area contributed by atoms with E-state index in [0.29, 0.717) is 43.3 Å². The molecule has 0 spiro atoms. The number of rotatable bonds is 11. The van der Waals surface area contributed by atoms with E-state index < -0.39 is 18.2 Å². The molecular weight excluding hydrogens is 616 g/mol. The molecule has 0 bridgehead atoms. The number of carbonyl (C=O) groups excluding carboxylic acids is 4. The number of alkyl carbamates (subject to hydrolysis) is 1. The number of hydrogen-bond donors (Lipinski definition) is 3. The average molecular weight is 665 g/mol. The molecule has 2 aliphatic carbocycles. The zero-order chi connectivity index (χ0) is 34.5. The third-order valence-electron chi connectivity index (χ3n) is 10.7. The summed E-state index contributed by atoms with van der Waals surface area (Å²) in [4.78, 5) is 51.4. The highest BCUT2D eigenvalue weighted by Crippen LogP contribution is 2.66. The fraction of sp³-hybridized carbons (Fsp3) is 0.450. The standard InChI is InChI=1S/C40H48N4O5/c1-25(2)37(43-40(48)49-3)39(47)44-23-7-10-33(44)38(46)42-32-21-17-30(18-22-32)36-34(35(36)29-15-19-31(20-16-29)41-24-45)28-13-11-27(12-14-28)26-8-5-4-6-9-26/h11-22,24-26,33-37H,4-10,23H2,1-3H3,(H,41,45)(H,42,46)(H,43,48). The molecule has 1 heterocycles. The maximum Gasteiger partial charge on any atom is 0.407 e. The van der Waals surface area contributed by atoms with Gasteiger partial charge in [-0.25, -0.2) is 4.79 Å². The van der Waals surface area contributed by atoms with Crippen molar-refractivity contribution in [1.82, 2.24) is 10.2 Å². The normalized spacial score (nSPS) is 22.7. The zero-order valence-electron chi connectivity index (χ0n) is 28.7. The van der Waals surface area contributed by atoms with Crippen LogP contribution in [0.5, 0.6) is 0 Å². The summed E-state index contributed by atoms with van der Waals surface area (Å²) in [5.74, 6) is 0.863. The first-order chi connectivity index (χ1) is 23.8. The minimum atomic E-state index is -0.777. The number of nitrogens with zero attached hydrogens (tertiary/aromatic N) is 1. The van der Waals surface area contributed by atoms with Gasteiger partial charge in [0, 0.05) is 17.9 Å². The molecule has 3 fully saturated rings. The van der Waals surface area contributed by atoms with Gasteiger partial charge >= 0.3 is 6.09 Å². The van der Waals surface area contributed by atoms with Crippen LogP contribution in [0, 0.1) is 5.92 Å². The molecule has 5 atom stereocenters. The second-order valence-corrected chi connectivity index (χ2v) is 14.1. The monoisotopic (exact) mass is 664 g/mol. The van der Waals surface area contributed by atoms with Crippen molar-refractivity contribution in [2.45, 2.75) is 94.5 Å². The third kappa shape index (κ3) is 7.66. The largest absolute Gasteiger partial charge is 0.453 e. The van der Waals surface area contributed by atoms with E-state index in [9.17, 15) is 19.2 Å². The van der Waals surface area contributed by atoms with Crippen molar-refractivity contribution in [2.75, 3.05) is 24.3 Å². The van der Waals surface area contributed by atoms with Crippen LogP contribution in [0.1, 0.15) is 105 Å². The highest BCUT2D eigenvalue weighted by Gasteiger charge is 2.52. The Morgan fingerprint density at radius 1 is 0.735 bits per heavy atom. The molecule has 4 amide bonds. The molecule has 258 valence electrons. The van der Waals surface area contributed by atoms with Crippen LogP contribution in [0.25, 0.3) is 0 Å². The fourth-order valence-electron chi connectivity index (χ4n) is 8.05. The molecule has 5 unspecified atom stereocenters. The van der Waals surface area contributed by atoms with Crippen molar-refractivity contribution in [1.29, 1.82) is 0 Å². The first kappa shape index (κ1) is 34.2. The van der Waals surface area contributed by atoms with Gasteiger partial charge in [-0.05, 0) is 102 Å². The minimum absolute atomic E-state index is 0.167. The van der Waals surface area contributed by atoms with E-state index in [0.717, 1.165) is 5.69 Å². The molecule has 1 saturated heterocycles. The van der Waals surface area contributed by atoms with Gasteiger partial charge in [-0.2, -0.15) is 0 Å². The van der Waals surface area contributed by atoms with Crippen LogP contribution < -0.4 is 16.0 Å². The second-order valence-electron chi connectivity index (χ2n) is 14.1. The highest BCUT2D eigenvalue weighted by atomic mass is 16.5. The quantitative estimate of drug-likeness (QED) is 0.186. The Kier molecular flexibility index (Phi) is 10.7. The predicted molar refractivity (Wildman–Crippen MR) is 191 cm³/mol. The maximum atomic E-state index is 13.5. The summed E-state index contributed by atoms with van der Waals surface area (Å²) in [6, 6.07) is 24.1. The first-order valence-corrected chi connectivity index (χ1v) is 17.7. The van der Waals surface area contributed by atoms with Gasteiger partial charge < -0.3 is 25.6 Å². The third-order valence-corrected chi connectivity index (χ3v) is 10.7. The summed E-state index contributed by atoms with van der Waals surface area (Å²) in [5, 5.41) is 8.40. The van der Waals surface area contributed by atoms with Gasteiger partial charge in [-0.1, -0.05) is 81.6 Å². The Hall–Kier alpha value is -4.66. The van der Waals surface area contributed by atoms with Crippen molar-refractivity contribution < 1.29 is 23.9 Å². The lowest BCUT2D eigenvalue weighted by atomic mass is 9.83. The molecule has 2 saturated carbocycles. The van der Waals surface area contributed by atoms with Crippen molar-refractivity contribution in [3.05, 3.63) is 95.1 Å². The van der Waals surface area contributed by atoms with Gasteiger partial charge in [-0.15, -0.1) is 0 Å². The van der Waals surface area contributed by atoms with Gasteiger partial charge in [0.2, 0.25) is 18.2 Å². The molecule has 3 aliphatic rings. The Labute approximate surface area is 289 Å². The number of benzene rings is 3. The molecule has 9 nitrogen and oxygen atoms in total. The number of carbonyl (C=O) groups is 4. The van der Waals surface area contributed by atoms with Crippen LogP contribution in [0.2, 0.25) is 0 Å². The van der Waals surface area contributed by atoms with Gasteiger partial charge in [0.1, 0.15) is 12.1 Å². The Bertz CT molecular complexity index is 1620. The minimum Gasteiger partial charge on any atom is -0.453 e. The van der Waals surface area contributed by atoms with E-state index in [1.54, 1.807) is 4.90 Å². The smallest absolute Gasteiger partial charge is 0.407 e. The second kappa shape index (κ2) is 15.3. The Morgan fingerprint density at radius 3 is 1.80 bits per heavy atom. The lowest BCUT2D eigenvalue weighted by Crippen LogP contribution is -2.54. The summed E-state index contributed by atoms with van der Waals surface area (Å²) in [6.07, 6.45) is 7.82. The van der Waals surface area contributed by atoms with E-state index in [1.807, 2.05) is 38.1 Å². The highest BCUT2D eigenvalue weighted by molar-refractivity contribution is 5.98. The average Bonchev–Trinajstić information content (AvgIpc) is 3.67. The lowest BCUT2D eigenvalue weighted by Gasteiger charge is -2.30. The van der Waals surface area contributed by atoms with Crippen molar-refractivity contribution >= 4 is 35.7 Å². The van der Waals surface area contributed by atoms with E-state index in [2.05, 4.69) is 64.5 Å². The van der Waals surface area contributed by atoms with Crippen LogP contribution >= 0.6 is 0 Å². The summed E-state index contributed by atoms with van der Waals surface area (Å²) in [6.45, 7) is 4.17. The predicted octanol–water partition coefficient (Wildman–Crippen LogP) is 7.28. The van der Waals surface area contributed by atoms with Crippen LogP contribution in [-0.4, -0.2) is 55.0 Å². The van der Waals surface area contributed by atoms with E-state index in [-0.39, 0.29) is 29.6 Å². The van der Waals surface area contributed by atoms with Crippen LogP contribution in [-0.2, 0) is 19.1 Å². The number of ether oxygens (including phenoxy) is 1. The molecule has 3 aromatic rings. The molecule has 0 radical (unpaired) electrons. The molecule has 3 N–H and O–H groups in total. The lowest BCUT2D eigenvalue weighted by molar-refractivity contribution is -0.139. The zero-order valence-corrected chi connectivity index (χ0v) is 28.7. The maximum absolute atomic E-state index is 13.5. The topological polar surface area (TPSA) is 117 Å². The fourth-order valence-corrected chi connectivity index (χ4v) is 8.05. The van der Waals surface area contributed by atoms with Crippen LogP contribution in [0.4, 0.5) is 16.2 Å². The summed E-state index contributed by atoms with van der Waals surface area (Å²) in [5.41, 5.74) is 6.65. The Balaban J connectivity index is 1.17. The SMILES string of the molecule is COC(=O)NC(C(=O)N1CCCC1C(=O)Nc1ccc(C2C(c3ccc(NC=O)cc3)C2c2ccc(C3CCCCC3)cc2)cc1)C(C)C. The van der Waals surface area contributed by atoms with Crippen molar-refractivity contribution in [2.24, 2.45) is 5.92 Å². The van der Waals surface area contributed by atoms with Crippen molar-refractivity contribution in [3.63, 3.8) is 0 Å². The van der Waals surface area contributed by atoms with Gasteiger partial charge in [0.25, 0.3) is 0 Å². The molecule has 9 heteroatoms. The number of likely N-dealkylation sites (tertiary alicyclic amines) is 1. The first-order valence-electron chi connectivity index (χ1n) is 17.7. The van der Waals surface area contributed by atoms with Gasteiger partial charge in [0.15, 0.2) is 0 Å². The van der Waals surface area contributed by atoms with Crippen molar-refractivity contribution in [3.8, 4) is 0 Å². The van der Waals surface area contributed by atoms with E-state index in [4.69, 9.17) is 4.74 Å². The molecule has 3 aromatic carbocycles. The van der Waals surface area contributed by atoms with E-state index >= 15 is 0 Å². The van der Waals surface area contributed by atoms with Gasteiger partial charge in [0.05, 0.1) is 7.11 Å². The van der Waals surface area contributed by atoms with Crippen LogP contribution in [0.15, 0.2) is 72.8 Å². The number of nitrogens with one attached hydrogen (secondary N) is 3. The molecule has 49 heavy (non-hydrogen) atoms. The van der Waals surface area contributed by atoms with Crippen LogP contribution in [0.3, 0.4) is 0 Å². The summed E-state index contributed by atoms with van der Waals surface area (Å²) < 4.78 is 4.72. The Morgan fingerprint density at radius 2 is 1.27 bits per heavy atom. The number of methoxy groups -OCH3 is 1. The molecule has 1 aliphatic heterocycles.